The molecule has 1 aromatic carbocycles. The number of aryl methyl sites for hydroxylation is 1. The topological polar surface area (TPSA) is 103 Å². The van der Waals surface area contributed by atoms with Crippen LogP contribution in [0.2, 0.25) is 0 Å². The molecule has 0 aliphatic rings. The Hall–Kier alpha value is -3.98. The van der Waals surface area contributed by atoms with Gasteiger partial charge in [-0.2, -0.15) is 9.37 Å². The summed E-state index contributed by atoms with van der Waals surface area (Å²) in [5.74, 6) is 0.299. The molecule has 3 aromatic heterocycles. The molecule has 0 spiro atoms. The van der Waals surface area contributed by atoms with Crippen LogP contribution in [0, 0.1) is 19.8 Å². The number of aromatic nitrogens is 5. The molecular weight excluding hydrogens is 437 g/mol. The molecule has 0 radical (unpaired) electrons. The molecule has 9 heteroatoms. The summed E-state index contributed by atoms with van der Waals surface area (Å²) in [5.41, 5.74) is 1.23. The molecule has 0 bridgehead atoms. The van der Waals surface area contributed by atoms with E-state index >= 15 is 0 Å². The number of benzene rings is 1. The Kier molecular flexibility index (Phi) is 6.21. The van der Waals surface area contributed by atoms with Crippen LogP contribution in [0.3, 0.4) is 0 Å². The van der Waals surface area contributed by atoms with Crippen molar-refractivity contribution in [1.82, 2.24) is 24.5 Å². The molecule has 0 saturated heterocycles. The number of hydrogen-bond donors (Lipinski definition) is 1. The summed E-state index contributed by atoms with van der Waals surface area (Å²) in [6.45, 7) is 6.56. The first kappa shape index (κ1) is 23.2. The van der Waals surface area contributed by atoms with Crippen LogP contribution in [-0.2, 0) is 12.2 Å². The smallest absolute Gasteiger partial charge is 0.264 e. The van der Waals surface area contributed by atoms with E-state index in [1.54, 1.807) is 58.2 Å². The van der Waals surface area contributed by atoms with E-state index in [4.69, 9.17) is 4.74 Å². The normalized spacial score (nSPS) is 11.5. The fourth-order valence-electron chi connectivity index (χ4n) is 3.42. The third kappa shape index (κ3) is 4.84. The molecule has 0 amide bonds. The van der Waals surface area contributed by atoms with Crippen molar-refractivity contribution in [3.05, 3.63) is 93.9 Å². The lowest BCUT2D eigenvalue weighted by molar-refractivity contribution is 0.0688. The van der Waals surface area contributed by atoms with E-state index in [9.17, 15) is 14.3 Å². The second kappa shape index (κ2) is 9.11. The largest absolute Gasteiger partial charge is 0.471 e. The monoisotopic (exact) mass is 461 g/mol. The standard InChI is InChI=1S/C25H24FN5O3/c1-15-22(34-14-18-8-6-10-21(26)29-18)28-16(2)31(23(15)32)19-9-5-7-17(13-19)20-11-12-27-24(30-20)25(3,4)33/h5-13,33H,14H2,1-4H3. The Balaban J connectivity index is 1.68. The molecule has 0 aliphatic carbocycles. The van der Waals surface area contributed by atoms with Crippen LogP contribution in [0.4, 0.5) is 4.39 Å². The van der Waals surface area contributed by atoms with Crippen molar-refractivity contribution in [3.8, 4) is 22.8 Å². The average Bonchev–Trinajstić information content (AvgIpc) is 2.80. The zero-order valence-electron chi connectivity index (χ0n) is 19.3. The summed E-state index contributed by atoms with van der Waals surface area (Å²) < 4.78 is 20.5. The Morgan fingerprint density at radius 3 is 2.56 bits per heavy atom. The zero-order chi connectivity index (χ0) is 24.5. The van der Waals surface area contributed by atoms with Gasteiger partial charge in [0.2, 0.25) is 11.8 Å². The maximum absolute atomic E-state index is 13.3. The van der Waals surface area contributed by atoms with Gasteiger partial charge >= 0.3 is 0 Å². The number of aliphatic hydroxyl groups is 1. The Morgan fingerprint density at radius 2 is 1.82 bits per heavy atom. The van der Waals surface area contributed by atoms with Gasteiger partial charge in [0.1, 0.15) is 18.0 Å². The van der Waals surface area contributed by atoms with Crippen molar-refractivity contribution < 1.29 is 14.2 Å². The second-order valence-electron chi connectivity index (χ2n) is 8.34. The van der Waals surface area contributed by atoms with Gasteiger partial charge in [-0.3, -0.25) is 9.36 Å². The molecule has 1 N–H and O–H groups in total. The number of rotatable bonds is 6. The Bertz CT molecular complexity index is 1410. The SMILES string of the molecule is Cc1c(OCc2cccc(F)n2)nc(C)n(-c2cccc(-c3ccnc(C(C)(C)O)n3)c2)c1=O. The Labute approximate surface area is 195 Å². The van der Waals surface area contributed by atoms with E-state index in [0.717, 1.165) is 5.56 Å². The predicted octanol–water partition coefficient (Wildman–Crippen LogP) is 3.65. The summed E-state index contributed by atoms with van der Waals surface area (Å²) in [5, 5.41) is 10.2. The van der Waals surface area contributed by atoms with Crippen LogP contribution < -0.4 is 10.3 Å². The van der Waals surface area contributed by atoms with Gasteiger partial charge in [-0.05, 0) is 58.0 Å². The van der Waals surface area contributed by atoms with Crippen LogP contribution in [0.25, 0.3) is 16.9 Å². The van der Waals surface area contributed by atoms with Gasteiger partial charge in [0.25, 0.3) is 5.56 Å². The molecule has 4 rings (SSSR count). The van der Waals surface area contributed by atoms with E-state index in [2.05, 4.69) is 19.9 Å². The molecule has 0 fully saturated rings. The molecule has 4 aromatic rings. The quantitative estimate of drug-likeness (QED) is 0.437. The molecule has 174 valence electrons. The van der Waals surface area contributed by atoms with Gasteiger partial charge in [-0.1, -0.05) is 18.2 Å². The van der Waals surface area contributed by atoms with Gasteiger partial charge < -0.3 is 9.84 Å². The first-order valence-electron chi connectivity index (χ1n) is 10.6. The van der Waals surface area contributed by atoms with Crippen molar-refractivity contribution in [1.29, 1.82) is 0 Å². The van der Waals surface area contributed by atoms with Crippen LogP contribution in [-0.4, -0.2) is 29.6 Å². The predicted molar refractivity (Wildman–Crippen MR) is 124 cm³/mol. The average molecular weight is 461 g/mol. The fraction of sp³-hybridized carbons (Fsp3) is 0.240. The first-order valence-corrected chi connectivity index (χ1v) is 10.6. The van der Waals surface area contributed by atoms with Crippen molar-refractivity contribution in [2.45, 2.75) is 39.9 Å². The van der Waals surface area contributed by atoms with Gasteiger partial charge in [-0.25, -0.2) is 15.0 Å². The van der Waals surface area contributed by atoms with E-state index in [-0.39, 0.29) is 18.0 Å². The zero-order valence-corrected chi connectivity index (χ0v) is 19.3. The summed E-state index contributed by atoms with van der Waals surface area (Å²) >= 11 is 0. The van der Waals surface area contributed by atoms with E-state index < -0.39 is 11.5 Å². The van der Waals surface area contributed by atoms with Crippen LogP contribution in [0.5, 0.6) is 5.88 Å². The molecule has 0 saturated carbocycles. The van der Waals surface area contributed by atoms with E-state index in [0.29, 0.717) is 34.3 Å². The molecule has 0 atom stereocenters. The molecule has 3 heterocycles. The molecule has 34 heavy (non-hydrogen) atoms. The molecule has 0 aliphatic heterocycles. The van der Waals surface area contributed by atoms with Crippen molar-refractivity contribution in [2.24, 2.45) is 0 Å². The third-order valence-corrected chi connectivity index (χ3v) is 5.16. The number of pyridine rings is 1. The fourth-order valence-corrected chi connectivity index (χ4v) is 3.42. The first-order chi connectivity index (χ1) is 16.1. The Morgan fingerprint density at radius 1 is 1.06 bits per heavy atom. The minimum absolute atomic E-state index is 0.0127. The molecule has 8 nitrogen and oxygen atoms in total. The highest BCUT2D eigenvalue weighted by atomic mass is 19.1. The van der Waals surface area contributed by atoms with Crippen LogP contribution in [0.1, 0.15) is 36.8 Å². The minimum Gasteiger partial charge on any atom is -0.471 e. The number of ether oxygens (including phenoxy) is 1. The number of hydrogen-bond acceptors (Lipinski definition) is 7. The second-order valence-corrected chi connectivity index (χ2v) is 8.34. The van der Waals surface area contributed by atoms with Crippen molar-refractivity contribution in [3.63, 3.8) is 0 Å². The van der Waals surface area contributed by atoms with Crippen LogP contribution >= 0.6 is 0 Å². The maximum Gasteiger partial charge on any atom is 0.264 e. The highest BCUT2D eigenvalue weighted by Gasteiger charge is 2.20. The lowest BCUT2D eigenvalue weighted by Gasteiger charge is -2.16. The third-order valence-electron chi connectivity index (χ3n) is 5.16. The van der Waals surface area contributed by atoms with Crippen LogP contribution in [0.15, 0.2) is 59.5 Å². The van der Waals surface area contributed by atoms with Crippen molar-refractivity contribution in [2.75, 3.05) is 0 Å². The summed E-state index contributed by atoms with van der Waals surface area (Å²) in [4.78, 5) is 30.0. The number of nitrogens with zero attached hydrogens (tertiary/aromatic N) is 5. The van der Waals surface area contributed by atoms with Gasteiger partial charge in [-0.15, -0.1) is 0 Å². The van der Waals surface area contributed by atoms with E-state index in [1.165, 1.54) is 10.6 Å². The minimum atomic E-state index is -1.18. The molecular formula is C25H24FN5O3. The van der Waals surface area contributed by atoms with Crippen molar-refractivity contribution >= 4 is 0 Å². The highest BCUT2D eigenvalue weighted by molar-refractivity contribution is 5.62. The maximum atomic E-state index is 13.3. The summed E-state index contributed by atoms with van der Waals surface area (Å²) in [6, 6.07) is 13.5. The summed E-state index contributed by atoms with van der Waals surface area (Å²) in [6.07, 6.45) is 1.59. The van der Waals surface area contributed by atoms with Gasteiger partial charge in [0, 0.05) is 11.8 Å². The lowest BCUT2D eigenvalue weighted by Crippen LogP contribution is -2.25. The lowest BCUT2D eigenvalue weighted by atomic mass is 10.1. The van der Waals surface area contributed by atoms with Gasteiger partial charge in [0.05, 0.1) is 22.6 Å². The summed E-state index contributed by atoms with van der Waals surface area (Å²) in [7, 11) is 0. The van der Waals surface area contributed by atoms with E-state index in [1.807, 2.05) is 18.2 Å². The molecule has 0 unspecified atom stereocenters. The number of halogens is 1. The van der Waals surface area contributed by atoms with Gasteiger partial charge in [0.15, 0.2) is 5.82 Å². The highest BCUT2D eigenvalue weighted by Crippen LogP contribution is 2.24.